The number of hydrogen-bond donors (Lipinski definition) is 0. The van der Waals surface area contributed by atoms with E-state index in [1.54, 1.807) is 0 Å². The van der Waals surface area contributed by atoms with Crippen LogP contribution in [0.5, 0.6) is 0 Å². The zero-order valence-corrected chi connectivity index (χ0v) is 7.80. The van der Waals surface area contributed by atoms with Gasteiger partial charge in [0.1, 0.15) is 5.15 Å². The van der Waals surface area contributed by atoms with Crippen LogP contribution in [0.25, 0.3) is 0 Å². The molecule has 1 heterocycles. The maximum atomic E-state index is 6.13. The van der Waals surface area contributed by atoms with Gasteiger partial charge in [0.2, 0.25) is 0 Å². The van der Waals surface area contributed by atoms with Gasteiger partial charge in [-0.3, -0.25) is 0 Å². The van der Waals surface area contributed by atoms with Gasteiger partial charge in [0.15, 0.2) is 0 Å². The highest BCUT2D eigenvalue weighted by atomic mass is 35.5. The first-order valence-electron chi connectivity index (χ1n) is 4.42. The molecule has 0 N–H and O–H groups in total. The highest BCUT2D eigenvalue weighted by Crippen LogP contribution is 2.62. The third kappa shape index (κ3) is 0.612. The molecule has 0 unspecified atom stereocenters. The maximum absolute atomic E-state index is 6.13. The lowest BCUT2D eigenvalue weighted by atomic mass is 9.50. The first-order valence-corrected chi connectivity index (χ1v) is 4.80. The van der Waals surface area contributed by atoms with E-state index in [0.29, 0.717) is 5.54 Å². The van der Waals surface area contributed by atoms with Crippen LogP contribution in [0.4, 0.5) is 0 Å². The molecule has 3 heteroatoms. The van der Waals surface area contributed by atoms with Gasteiger partial charge in [0.25, 0.3) is 0 Å². The highest BCUT2D eigenvalue weighted by molar-refractivity contribution is 6.30. The number of nitrogens with zero attached hydrogens (tertiary/aromatic N) is 2. The van der Waals surface area contributed by atoms with Crippen molar-refractivity contribution in [3.63, 3.8) is 0 Å². The van der Waals surface area contributed by atoms with Crippen molar-refractivity contribution in [3.05, 3.63) is 16.9 Å². The number of rotatable bonds is 1. The summed E-state index contributed by atoms with van der Waals surface area (Å²) in [5, 5.41) is 5.17. The van der Waals surface area contributed by atoms with Crippen molar-refractivity contribution >= 4 is 11.6 Å². The lowest BCUT2D eigenvalue weighted by Gasteiger charge is -2.61. The van der Waals surface area contributed by atoms with Crippen molar-refractivity contribution < 1.29 is 0 Å². The maximum Gasteiger partial charge on any atom is 0.130 e. The molecule has 0 aliphatic heterocycles. The summed E-state index contributed by atoms with van der Waals surface area (Å²) < 4.78 is 2.03. The van der Waals surface area contributed by atoms with Crippen LogP contribution in [0.1, 0.15) is 24.8 Å². The Hall–Kier alpha value is -0.500. The van der Waals surface area contributed by atoms with Crippen molar-refractivity contribution in [1.29, 1.82) is 0 Å². The minimum atomic E-state index is 0.343. The van der Waals surface area contributed by atoms with Crippen molar-refractivity contribution in [2.24, 2.45) is 5.92 Å². The predicted octanol–water partition coefficient (Wildman–Crippen LogP) is 2.35. The summed E-state index contributed by atoms with van der Waals surface area (Å²) in [5.41, 5.74) is 1.44. The van der Waals surface area contributed by atoms with Crippen LogP contribution in [0.15, 0.2) is 6.20 Å². The molecule has 0 spiro atoms. The van der Waals surface area contributed by atoms with Crippen LogP contribution >= 0.6 is 11.6 Å². The van der Waals surface area contributed by atoms with Crippen LogP contribution in [-0.4, -0.2) is 9.78 Å². The van der Waals surface area contributed by atoms with Gasteiger partial charge >= 0.3 is 0 Å². The van der Waals surface area contributed by atoms with Gasteiger partial charge in [-0.1, -0.05) is 11.6 Å². The quantitative estimate of drug-likeness (QED) is 0.652. The zero-order valence-electron chi connectivity index (χ0n) is 7.05. The summed E-state index contributed by atoms with van der Waals surface area (Å²) in [6.45, 7) is 2.01. The lowest BCUT2D eigenvalue weighted by Crippen LogP contribution is -2.59. The molecule has 0 aromatic carbocycles. The van der Waals surface area contributed by atoms with Gasteiger partial charge < -0.3 is 0 Å². The standard InChI is InChI=1S/C9H11ClN2/c1-6-5-11-12(8(6)10)9-2-7(3-9)4-9/h5,7H,2-4H2,1H3. The van der Waals surface area contributed by atoms with Crippen LogP contribution in [0, 0.1) is 12.8 Å². The zero-order chi connectivity index (χ0) is 8.34. The Morgan fingerprint density at radius 3 is 2.58 bits per heavy atom. The number of aryl methyl sites for hydroxylation is 1. The lowest BCUT2D eigenvalue weighted by molar-refractivity contribution is -0.0975. The fourth-order valence-corrected chi connectivity index (χ4v) is 2.71. The Morgan fingerprint density at radius 1 is 1.58 bits per heavy atom. The summed E-state index contributed by atoms with van der Waals surface area (Å²) in [6.07, 6.45) is 5.76. The van der Waals surface area contributed by atoms with E-state index < -0.39 is 0 Å². The second-order valence-corrected chi connectivity index (χ2v) is 4.59. The van der Waals surface area contributed by atoms with Crippen molar-refractivity contribution in [2.45, 2.75) is 31.7 Å². The van der Waals surface area contributed by atoms with E-state index in [0.717, 1.165) is 16.6 Å². The molecule has 0 radical (unpaired) electrons. The van der Waals surface area contributed by atoms with Gasteiger partial charge in [0, 0.05) is 5.56 Å². The van der Waals surface area contributed by atoms with Gasteiger partial charge in [-0.2, -0.15) is 5.10 Å². The van der Waals surface area contributed by atoms with E-state index in [1.807, 2.05) is 17.8 Å². The summed E-state index contributed by atoms with van der Waals surface area (Å²) in [6, 6.07) is 0. The molecule has 3 aliphatic carbocycles. The summed E-state index contributed by atoms with van der Waals surface area (Å²) in [4.78, 5) is 0. The Bertz CT molecular complexity index is 325. The third-order valence-corrected chi connectivity index (χ3v) is 3.79. The van der Waals surface area contributed by atoms with E-state index in [-0.39, 0.29) is 0 Å². The molecular formula is C9H11ClN2. The minimum absolute atomic E-state index is 0.343. The molecule has 3 fully saturated rings. The van der Waals surface area contributed by atoms with Crippen molar-refractivity contribution in [2.75, 3.05) is 0 Å². The molecule has 2 bridgehead atoms. The summed E-state index contributed by atoms with van der Waals surface area (Å²) in [7, 11) is 0. The highest BCUT2D eigenvalue weighted by Gasteiger charge is 2.59. The van der Waals surface area contributed by atoms with Gasteiger partial charge in [-0.05, 0) is 32.1 Å². The van der Waals surface area contributed by atoms with E-state index in [4.69, 9.17) is 11.6 Å². The average molecular weight is 183 g/mol. The third-order valence-electron chi connectivity index (χ3n) is 3.33. The Balaban J connectivity index is 2.06. The Morgan fingerprint density at radius 2 is 2.25 bits per heavy atom. The molecule has 1 aromatic heterocycles. The smallest absolute Gasteiger partial charge is 0.130 e. The van der Waals surface area contributed by atoms with E-state index in [9.17, 15) is 0 Å². The number of hydrogen-bond acceptors (Lipinski definition) is 1. The van der Waals surface area contributed by atoms with Crippen LogP contribution in [0.3, 0.4) is 0 Å². The molecule has 3 aliphatic rings. The molecule has 2 nitrogen and oxygen atoms in total. The molecule has 3 saturated carbocycles. The Labute approximate surface area is 76.5 Å². The average Bonchev–Trinajstić information content (AvgIpc) is 2.12. The largest absolute Gasteiger partial charge is 0.248 e. The normalized spacial score (nSPS) is 37.3. The van der Waals surface area contributed by atoms with Crippen molar-refractivity contribution in [1.82, 2.24) is 9.78 Å². The predicted molar refractivity (Wildman–Crippen MR) is 47.3 cm³/mol. The number of aromatic nitrogens is 2. The van der Waals surface area contributed by atoms with Crippen molar-refractivity contribution in [3.8, 4) is 0 Å². The molecule has 0 amide bonds. The van der Waals surface area contributed by atoms with Gasteiger partial charge in [-0.25, -0.2) is 4.68 Å². The first-order chi connectivity index (χ1) is 5.71. The molecule has 4 rings (SSSR count). The fourth-order valence-electron chi connectivity index (χ4n) is 2.44. The molecule has 1 aromatic rings. The molecule has 0 saturated heterocycles. The van der Waals surface area contributed by atoms with E-state index in [1.165, 1.54) is 19.3 Å². The molecule has 12 heavy (non-hydrogen) atoms. The SMILES string of the molecule is Cc1cnn(C23CC(C2)C3)c1Cl. The molecule has 0 atom stereocenters. The second-order valence-electron chi connectivity index (χ2n) is 4.23. The summed E-state index contributed by atoms with van der Waals surface area (Å²) >= 11 is 6.13. The molecule has 64 valence electrons. The fraction of sp³-hybridized carbons (Fsp3) is 0.667. The van der Waals surface area contributed by atoms with Crippen LogP contribution < -0.4 is 0 Å². The van der Waals surface area contributed by atoms with Gasteiger partial charge in [-0.15, -0.1) is 0 Å². The van der Waals surface area contributed by atoms with Crippen LogP contribution in [-0.2, 0) is 5.54 Å². The molecular weight excluding hydrogens is 172 g/mol. The Kier molecular flexibility index (Phi) is 1.09. The topological polar surface area (TPSA) is 17.8 Å². The van der Waals surface area contributed by atoms with Gasteiger partial charge in [0.05, 0.1) is 11.7 Å². The summed E-state index contributed by atoms with van der Waals surface area (Å²) in [5.74, 6) is 0.977. The van der Waals surface area contributed by atoms with E-state index in [2.05, 4.69) is 5.10 Å². The number of halogens is 1. The van der Waals surface area contributed by atoms with E-state index >= 15 is 0 Å². The first kappa shape index (κ1) is 6.96. The monoisotopic (exact) mass is 182 g/mol. The minimum Gasteiger partial charge on any atom is -0.248 e. The second kappa shape index (κ2) is 1.87. The van der Waals surface area contributed by atoms with Crippen LogP contribution in [0.2, 0.25) is 5.15 Å².